The Kier molecular flexibility index (Phi) is 9.99. The van der Waals surface area contributed by atoms with E-state index in [2.05, 4.69) is 0 Å². The lowest BCUT2D eigenvalue weighted by Crippen LogP contribution is -2.37. The Hall–Kier alpha value is -2.39. The van der Waals surface area contributed by atoms with Gasteiger partial charge in [0.15, 0.2) is 6.23 Å². The number of nitrogens with one attached hydrogen (secondary N) is 1. The first-order chi connectivity index (χ1) is 16.9. The number of carbonyl (C=O) groups excluding carboxylic acids is 2. The molecule has 0 bridgehead atoms. The number of aliphatic hydroxyl groups excluding tert-OH is 2. The molecule has 2 heterocycles. The summed E-state index contributed by atoms with van der Waals surface area (Å²) < 4.78 is 44.5. The number of ether oxygens (including phenoxy) is 3. The average Bonchev–Trinajstić information content (AvgIpc) is 3.05. The van der Waals surface area contributed by atoms with Gasteiger partial charge in [-0.05, 0) is 41.5 Å². The molecule has 1 saturated heterocycles. The Morgan fingerprint density at radius 2 is 1.49 bits per heavy atom. The first kappa shape index (κ1) is 30.8. The lowest BCUT2D eigenvalue weighted by molar-refractivity contribution is -0.163. The summed E-state index contributed by atoms with van der Waals surface area (Å²) in [7, 11) is -4.59. The molecule has 0 aromatic carbocycles. The van der Waals surface area contributed by atoms with E-state index in [0.717, 1.165) is 16.8 Å². The van der Waals surface area contributed by atoms with E-state index < -0.39 is 86.6 Å². The van der Waals surface area contributed by atoms with Crippen LogP contribution in [-0.4, -0.2) is 70.2 Å². The highest BCUT2D eigenvalue weighted by Crippen LogP contribution is 2.50. The predicted molar refractivity (Wildman–Crippen MR) is 124 cm³/mol. The molecule has 4 atom stereocenters. The third kappa shape index (κ3) is 8.57. The molecule has 0 saturated carbocycles. The first-order valence-corrected chi connectivity index (χ1v) is 12.6. The van der Waals surface area contributed by atoms with Crippen molar-refractivity contribution in [2.45, 2.75) is 66.1 Å². The summed E-state index contributed by atoms with van der Waals surface area (Å²) in [5.74, 6) is -1.35. The van der Waals surface area contributed by atoms with E-state index in [1.807, 2.05) is 4.98 Å². The number of phosphoric acid groups is 1. The molecule has 0 amide bonds. The molecule has 0 spiro atoms. The van der Waals surface area contributed by atoms with Crippen molar-refractivity contribution in [3.8, 4) is 0 Å². The van der Waals surface area contributed by atoms with Gasteiger partial charge in [0.1, 0.15) is 18.3 Å². The highest BCUT2D eigenvalue weighted by atomic mass is 31.2. The van der Waals surface area contributed by atoms with Crippen molar-refractivity contribution in [1.29, 1.82) is 0 Å². The van der Waals surface area contributed by atoms with E-state index >= 15 is 0 Å². The lowest BCUT2D eigenvalue weighted by atomic mass is 9.98. The molecule has 16 heteroatoms. The molecule has 37 heavy (non-hydrogen) atoms. The third-order valence-electron chi connectivity index (χ3n) is 4.89. The second-order valence-corrected chi connectivity index (χ2v) is 11.8. The van der Waals surface area contributed by atoms with Crippen LogP contribution in [0.25, 0.3) is 0 Å². The number of phosphoric ester groups is 1. The van der Waals surface area contributed by atoms with E-state index in [0.29, 0.717) is 0 Å². The second kappa shape index (κ2) is 12.0. The van der Waals surface area contributed by atoms with Crippen molar-refractivity contribution in [3.63, 3.8) is 0 Å². The molecule has 0 radical (unpaired) electrons. The maximum atomic E-state index is 13.1. The van der Waals surface area contributed by atoms with Gasteiger partial charge in [-0.25, -0.2) is 18.4 Å². The van der Waals surface area contributed by atoms with Crippen LogP contribution >= 0.6 is 7.82 Å². The highest BCUT2D eigenvalue weighted by molar-refractivity contribution is 7.48. The van der Waals surface area contributed by atoms with E-state index in [-0.39, 0.29) is 0 Å². The van der Waals surface area contributed by atoms with Crippen LogP contribution in [0.3, 0.4) is 0 Å². The molecule has 0 aliphatic carbocycles. The van der Waals surface area contributed by atoms with Gasteiger partial charge in [-0.1, -0.05) is 0 Å². The fourth-order valence-electron chi connectivity index (χ4n) is 2.72. The van der Waals surface area contributed by atoms with E-state index in [1.54, 1.807) is 41.5 Å². The van der Waals surface area contributed by atoms with Crippen LogP contribution in [0.2, 0.25) is 0 Å². The fourth-order valence-corrected chi connectivity index (χ4v) is 3.64. The number of aliphatic hydroxyl groups is 2. The van der Waals surface area contributed by atoms with Gasteiger partial charge in [-0.15, -0.1) is 0 Å². The van der Waals surface area contributed by atoms with Crippen LogP contribution in [0.5, 0.6) is 0 Å². The van der Waals surface area contributed by atoms with Crippen molar-refractivity contribution < 1.29 is 52.1 Å². The minimum atomic E-state index is -4.59. The van der Waals surface area contributed by atoms with Crippen molar-refractivity contribution in [2.24, 2.45) is 10.8 Å². The van der Waals surface area contributed by atoms with Gasteiger partial charge >= 0.3 is 25.5 Å². The number of aromatic nitrogens is 2. The third-order valence-corrected chi connectivity index (χ3v) is 6.19. The number of hydrogen-bond acceptors (Lipinski definition) is 13. The van der Waals surface area contributed by atoms with Crippen molar-refractivity contribution in [2.75, 3.05) is 20.2 Å². The average molecular weight is 552 g/mol. The molecule has 1 unspecified atom stereocenters. The van der Waals surface area contributed by atoms with Gasteiger partial charge in [0.25, 0.3) is 5.56 Å². The summed E-state index contributed by atoms with van der Waals surface area (Å²) in [6.07, 6.45) is -4.92. The molecule has 1 aliphatic rings. The van der Waals surface area contributed by atoms with Crippen LogP contribution in [0.4, 0.5) is 0 Å². The number of hydrogen-bond donors (Lipinski definition) is 3. The Bertz CT molecular complexity index is 1080. The molecule has 210 valence electrons. The summed E-state index contributed by atoms with van der Waals surface area (Å²) in [6.45, 7) is 7.14. The van der Waals surface area contributed by atoms with Gasteiger partial charge in [0.05, 0.1) is 17.4 Å². The Morgan fingerprint density at radius 3 is 1.95 bits per heavy atom. The SMILES string of the molecule is CC(C)(C)C(=O)OCOP(=O)(OCOC(=O)C(C)(C)C)OC[C@H]1O[C@@H](n2ccc(=O)[nH]c2=O)C(O)[C@H]1O. The quantitative estimate of drug-likeness (QED) is 0.205. The molecular weight excluding hydrogens is 519 g/mol. The van der Waals surface area contributed by atoms with Gasteiger partial charge in [0, 0.05) is 12.3 Å². The molecule has 3 N–H and O–H groups in total. The molecule has 1 aromatic rings. The molecule has 15 nitrogen and oxygen atoms in total. The first-order valence-electron chi connectivity index (χ1n) is 11.2. The predicted octanol–water partition coefficient (Wildman–Crippen LogP) is 0.407. The van der Waals surface area contributed by atoms with Gasteiger partial charge < -0.3 is 24.4 Å². The van der Waals surface area contributed by atoms with E-state index in [4.69, 9.17) is 27.8 Å². The number of rotatable bonds is 10. The summed E-state index contributed by atoms with van der Waals surface area (Å²) in [5, 5.41) is 20.7. The fraction of sp³-hybridized carbons (Fsp3) is 0.714. The topological polar surface area (TPSA) is 202 Å². The highest BCUT2D eigenvalue weighted by Gasteiger charge is 2.45. The minimum absolute atomic E-state index is 0.676. The van der Waals surface area contributed by atoms with E-state index in [1.165, 1.54) is 0 Å². The van der Waals surface area contributed by atoms with Gasteiger partial charge in [-0.2, -0.15) is 0 Å². The maximum absolute atomic E-state index is 13.1. The zero-order valence-electron chi connectivity index (χ0n) is 21.4. The van der Waals surface area contributed by atoms with Gasteiger partial charge in [-0.3, -0.25) is 28.5 Å². The largest absolute Gasteiger partial charge is 0.480 e. The van der Waals surface area contributed by atoms with Crippen LogP contribution in [0.15, 0.2) is 21.9 Å². The van der Waals surface area contributed by atoms with Crippen LogP contribution < -0.4 is 11.2 Å². The zero-order chi connectivity index (χ0) is 28.2. The van der Waals surface area contributed by atoms with Crippen molar-refractivity contribution >= 4 is 19.8 Å². The van der Waals surface area contributed by atoms with Crippen LogP contribution in [-0.2, 0) is 41.9 Å². The summed E-state index contributed by atoms with van der Waals surface area (Å²) in [4.78, 5) is 49.2. The number of nitrogens with zero attached hydrogens (tertiary/aromatic N) is 1. The Balaban J connectivity index is 2.09. The van der Waals surface area contributed by atoms with E-state index in [9.17, 15) is 34.0 Å². The van der Waals surface area contributed by atoms with Crippen molar-refractivity contribution in [3.05, 3.63) is 33.1 Å². The monoisotopic (exact) mass is 552 g/mol. The smallest absolute Gasteiger partial charge is 0.437 e. The number of esters is 2. The summed E-state index contributed by atoms with van der Waals surface area (Å²) >= 11 is 0. The van der Waals surface area contributed by atoms with Crippen LogP contribution in [0, 0.1) is 10.8 Å². The molecular formula is C21H33N2O13P. The zero-order valence-corrected chi connectivity index (χ0v) is 22.3. The summed E-state index contributed by atoms with van der Waals surface area (Å²) in [6, 6.07) is 1.02. The summed E-state index contributed by atoms with van der Waals surface area (Å²) in [5.41, 5.74) is -3.35. The second-order valence-electron chi connectivity index (χ2n) is 10.2. The van der Waals surface area contributed by atoms with Gasteiger partial charge in [0.2, 0.25) is 13.6 Å². The number of H-pyrrole nitrogens is 1. The Morgan fingerprint density at radius 1 is 0.973 bits per heavy atom. The maximum Gasteiger partial charge on any atom is 0.480 e. The molecule has 2 rings (SSSR count). The number of aromatic amines is 1. The number of carbonyl (C=O) groups is 2. The van der Waals surface area contributed by atoms with Crippen molar-refractivity contribution in [1.82, 2.24) is 9.55 Å². The standard InChI is InChI=1S/C21H33N2O13P/c1-20(2,3)17(27)31-10-34-37(30,35-11-32-18(28)21(4,5)6)33-9-12-14(25)15(26)16(36-12)23-8-7-13(24)22-19(23)29/h7-8,12,14-16,25-26H,9-11H2,1-6H3,(H,22,24,29)/t12-,14+,15?,16-/m1/s1. The minimum Gasteiger partial charge on any atom is -0.437 e. The Labute approximate surface area is 212 Å². The van der Waals surface area contributed by atoms with Crippen LogP contribution in [0.1, 0.15) is 47.8 Å². The lowest BCUT2D eigenvalue weighted by Gasteiger charge is -2.23. The molecule has 1 aliphatic heterocycles. The molecule has 1 aromatic heterocycles. The molecule has 1 fully saturated rings. The normalized spacial score (nSPS) is 22.6.